The Morgan fingerprint density at radius 3 is 3.00 bits per heavy atom. The molecule has 1 aliphatic rings. The van der Waals surface area contributed by atoms with Crippen LogP contribution < -0.4 is 5.32 Å². The van der Waals surface area contributed by atoms with E-state index in [1.54, 1.807) is 0 Å². The van der Waals surface area contributed by atoms with Crippen LogP contribution >= 0.6 is 0 Å². The first-order valence-electron chi connectivity index (χ1n) is 5.24. The summed E-state index contributed by atoms with van der Waals surface area (Å²) in [6.45, 7) is 2.25. The zero-order valence-electron chi connectivity index (χ0n) is 8.22. The Bertz CT molecular complexity index is 255. The van der Waals surface area contributed by atoms with E-state index in [1.807, 2.05) is 0 Å². The fraction of sp³-hybridized carbons (Fsp3) is 0.500. The van der Waals surface area contributed by atoms with Crippen LogP contribution in [0.3, 0.4) is 0 Å². The molecule has 1 aromatic rings. The minimum Gasteiger partial charge on any atom is -0.382 e. The van der Waals surface area contributed by atoms with Crippen LogP contribution in [0.1, 0.15) is 31.7 Å². The minimum atomic E-state index is 0.692. The Hall–Kier alpha value is -0.980. The van der Waals surface area contributed by atoms with Crippen molar-refractivity contribution in [1.29, 1.82) is 0 Å². The molecule has 1 nitrogen and oxygen atoms in total. The molecule has 0 aromatic heterocycles. The molecular formula is C12H17N. The maximum atomic E-state index is 3.57. The van der Waals surface area contributed by atoms with E-state index < -0.39 is 0 Å². The first-order valence-corrected chi connectivity index (χ1v) is 5.24. The van der Waals surface area contributed by atoms with Crippen molar-refractivity contribution >= 4 is 5.69 Å². The number of para-hydroxylation sites is 1. The molecule has 0 amide bonds. The lowest BCUT2D eigenvalue weighted by Crippen LogP contribution is -2.14. The molecule has 0 saturated heterocycles. The summed E-state index contributed by atoms with van der Waals surface area (Å²) in [5.74, 6) is 0. The van der Waals surface area contributed by atoms with Crippen molar-refractivity contribution in [3.05, 3.63) is 29.8 Å². The van der Waals surface area contributed by atoms with Crippen molar-refractivity contribution < 1.29 is 0 Å². The highest BCUT2D eigenvalue weighted by atomic mass is 14.9. The molecule has 0 aliphatic carbocycles. The van der Waals surface area contributed by atoms with E-state index in [2.05, 4.69) is 36.5 Å². The molecule has 1 N–H and O–H groups in total. The second kappa shape index (κ2) is 3.82. The minimum absolute atomic E-state index is 0.692. The van der Waals surface area contributed by atoms with E-state index >= 15 is 0 Å². The highest BCUT2D eigenvalue weighted by Crippen LogP contribution is 2.27. The molecule has 0 fully saturated rings. The van der Waals surface area contributed by atoms with Gasteiger partial charge < -0.3 is 5.32 Å². The van der Waals surface area contributed by atoms with Gasteiger partial charge in [-0.15, -0.1) is 0 Å². The van der Waals surface area contributed by atoms with Crippen molar-refractivity contribution in [3.8, 4) is 0 Å². The van der Waals surface area contributed by atoms with Crippen LogP contribution in [-0.4, -0.2) is 6.04 Å². The van der Waals surface area contributed by atoms with Gasteiger partial charge in [-0.1, -0.05) is 38.0 Å². The number of unbranched alkanes of at least 4 members (excludes halogenated alkanes) is 1. The molecule has 13 heavy (non-hydrogen) atoms. The number of fused-ring (bicyclic) bond motifs is 1. The molecule has 0 radical (unpaired) electrons. The van der Waals surface area contributed by atoms with Crippen molar-refractivity contribution in [2.75, 3.05) is 5.32 Å². The summed E-state index contributed by atoms with van der Waals surface area (Å²) in [5.41, 5.74) is 2.84. The van der Waals surface area contributed by atoms with Gasteiger partial charge in [-0.25, -0.2) is 0 Å². The number of anilines is 1. The normalized spacial score (nSPS) is 19.6. The number of nitrogens with one attached hydrogen (secondary N) is 1. The molecule has 1 heterocycles. The molecule has 1 aliphatic heterocycles. The zero-order chi connectivity index (χ0) is 9.10. The van der Waals surface area contributed by atoms with Gasteiger partial charge in [0.2, 0.25) is 0 Å². The smallest absolute Gasteiger partial charge is 0.0375 e. The summed E-state index contributed by atoms with van der Waals surface area (Å²) in [5, 5.41) is 3.57. The van der Waals surface area contributed by atoms with Crippen LogP contribution in [0.2, 0.25) is 0 Å². The second-order valence-corrected chi connectivity index (χ2v) is 3.84. The summed E-state index contributed by atoms with van der Waals surface area (Å²) >= 11 is 0. The summed E-state index contributed by atoms with van der Waals surface area (Å²) in [7, 11) is 0. The van der Waals surface area contributed by atoms with Crippen molar-refractivity contribution in [1.82, 2.24) is 0 Å². The highest BCUT2D eigenvalue weighted by Gasteiger charge is 2.18. The third-order valence-corrected chi connectivity index (χ3v) is 2.75. The van der Waals surface area contributed by atoms with Crippen LogP contribution in [-0.2, 0) is 6.42 Å². The number of benzene rings is 1. The van der Waals surface area contributed by atoms with Gasteiger partial charge in [0.05, 0.1) is 0 Å². The second-order valence-electron chi connectivity index (χ2n) is 3.84. The fourth-order valence-electron chi connectivity index (χ4n) is 2.00. The van der Waals surface area contributed by atoms with Crippen LogP contribution in [0, 0.1) is 0 Å². The van der Waals surface area contributed by atoms with Gasteiger partial charge in [-0.05, 0) is 24.5 Å². The molecule has 1 aromatic carbocycles. The Morgan fingerprint density at radius 1 is 1.38 bits per heavy atom. The third-order valence-electron chi connectivity index (χ3n) is 2.75. The summed E-state index contributed by atoms with van der Waals surface area (Å²) in [4.78, 5) is 0. The lowest BCUT2D eigenvalue weighted by atomic mass is 10.1. The number of rotatable bonds is 3. The highest BCUT2D eigenvalue weighted by molar-refractivity contribution is 5.56. The molecule has 1 atom stereocenters. The monoisotopic (exact) mass is 175 g/mol. The standard InChI is InChI=1S/C12H17N/c1-2-3-7-11-9-10-6-4-5-8-12(10)13-11/h4-6,8,11,13H,2-3,7,9H2,1H3. The van der Waals surface area contributed by atoms with Crippen molar-refractivity contribution in [2.45, 2.75) is 38.6 Å². The van der Waals surface area contributed by atoms with E-state index in [0.29, 0.717) is 6.04 Å². The van der Waals surface area contributed by atoms with Crippen molar-refractivity contribution in [3.63, 3.8) is 0 Å². The Kier molecular flexibility index (Phi) is 2.53. The van der Waals surface area contributed by atoms with E-state index in [4.69, 9.17) is 0 Å². The predicted octanol–water partition coefficient (Wildman–Crippen LogP) is 3.21. The molecule has 0 saturated carbocycles. The lowest BCUT2D eigenvalue weighted by Gasteiger charge is -2.09. The van der Waals surface area contributed by atoms with Crippen LogP contribution in [0.5, 0.6) is 0 Å². The topological polar surface area (TPSA) is 12.0 Å². The molecule has 2 rings (SSSR count). The Morgan fingerprint density at radius 2 is 2.23 bits per heavy atom. The predicted molar refractivity (Wildman–Crippen MR) is 57.1 cm³/mol. The van der Waals surface area contributed by atoms with E-state index in [0.717, 1.165) is 0 Å². The van der Waals surface area contributed by atoms with Crippen LogP contribution in [0.4, 0.5) is 5.69 Å². The quantitative estimate of drug-likeness (QED) is 0.743. The van der Waals surface area contributed by atoms with E-state index in [-0.39, 0.29) is 0 Å². The average molecular weight is 175 g/mol. The van der Waals surface area contributed by atoms with Gasteiger partial charge in [0, 0.05) is 11.7 Å². The van der Waals surface area contributed by atoms with Gasteiger partial charge in [0.1, 0.15) is 0 Å². The van der Waals surface area contributed by atoms with Crippen LogP contribution in [0.25, 0.3) is 0 Å². The summed E-state index contributed by atoms with van der Waals surface area (Å²) in [6.07, 6.45) is 5.17. The van der Waals surface area contributed by atoms with Crippen molar-refractivity contribution in [2.24, 2.45) is 0 Å². The molecule has 1 unspecified atom stereocenters. The number of hydrogen-bond donors (Lipinski definition) is 1. The maximum absolute atomic E-state index is 3.57. The van der Waals surface area contributed by atoms with Gasteiger partial charge in [0.25, 0.3) is 0 Å². The molecule has 70 valence electrons. The Labute approximate surface area is 80.2 Å². The lowest BCUT2D eigenvalue weighted by molar-refractivity contribution is 0.623. The van der Waals surface area contributed by atoms with E-state index in [9.17, 15) is 0 Å². The fourth-order valence-corrected chi connectivity index (χ4v) is 2.00. The molecule has 0 bridgehead atoms. The largest absolute Gasteiger partial charge is 0.382 e. The van der Waals surface area contributed by atoms with Gasteiger partial charge in [0.15, 0.2) is 0 Å². The van der Waals surface area contributed by atoms with Crippen LogP contribution in [0.15, 0.2) is 24.3 Å². The zero-order valence-corrected chi connectivity index (χ0v) is 8.22. The Balaban J connectivity index is 1.97. The van der Waals surface area contributed by atoms with Gasteiger partial charge in [-0.2, -0.15) is 0 Å². The average Bonchev–Trinajstić information content (AvgIpc) is 2.57. The van der Waals surface area contributed by atoms with Gasteiger partial charge in [-0.3, -0.25) is 0 Å². The SMILES string of the molecule is CCCCC1Cc2ccccc2N1. The summed E-state index contributed by atoms with van der Waals surface area (Å²) < 4.78 is 0. The van der Waals surface area contributed by atoms with E-state index in [1.165, 1.54) is 36.9 Å². The first kappa shape index (κ1) is 8.61. The molecule has 1 heteroatoms. The molecule has 0 spiro atoms. The number of hydrogen-bond acceptors (Lipinski definition) is 1. The maximum Gasteiger partial charge on any atom is 0.0375 e. The first-order chi connectivity index (χ1) is 6.40. The molecular weight excluding hydrogens is 158 g/mol. The summed E-state index contributed by atoms with van der Waals surface area (Å²) in [6, 6.07) is 9.34. The van der Waals surface area contributed by atoms with Gasteiger partial charge >= 0.3 is 0 Å². The third kappa shape index (κ3) is 1.85.